The smallest absolute Gasteiger partial charge is 0.122 e. The fraction of sp³-hybridized carbons (Fsp3) is 0.714. The third kappa shape index (κ3) is 5.03. The Kier molecular flexibility index (Phi) is 5.54. The van der Waals surface area contributed by atoms with Gasteiger partial charge in [-0.2, -0.15) is 0 Å². The lowest BCUT2D eigenvalue weighted by molar-refractivity contribution is 0.299. The third-order valence-electron chi connectivity index (χ3n) is 3.65. The first-order valence-electron chi connectivity index (χ1n) is 6.82. The second-order valence-corrected chi connectivity index (χ2v) is 5.95. The van der Waals surface area contributed by atoms with Gasteiger partial charge < -0.3 is 10.3 Å². The Hall–Kier alpha value is -1.36. The van der Waals surface area contributed by atoms with Crippen molar-refractivity contribution in [3.05, 3.63) is 18.2 Å². The summed E-state index contributed by atoms with van der Waals surface area (Å²) in [6.07, 6.45) is 6.99. The fourth-order valence-electron chi connectivity index (χ4n) is 1.95. The van der Waals surface area contributed by atoms with E-state index in [1.807, 2.05) is 33.3 Å². The topological polar surface area (TPSA) is 70.9 Å². The minimum absolute atomic E-state index is 0.168. The molecule has 19 heavy (non-hydrogen) atoms. The standard InChI is InChI=1S/C14H27N5/c1-14(2,13(15)16)7-5-6-9-18(3)11-12-17-8-10-19(12)4/h8,10H,5-7,9,11H2,1-4H3,(H3,15,16). The minimum atomic E-state index is -0.168. The highest BCUT2D eigenvalue weighted by Crippen LogP contribution is 2.22. The molecule has 0 saturated heterocycles. The summed E-state index contributed by atoms with van der Waals surface area (Å²) in [6, 6.07) is 0. The third-order valence-corrected chi connectivity index (χ3v) is 3.65. The van der Waals surface area contributed by atoms with Gasteiger partial charge in [-0.05, 0) is 26.4 Å². The van der Waals surface area contributed by atoms with Crippen molar-refractivity contribution in [1.29, 1.82) is 5.41 Å². The van der Waals surface area contributed by atoms with Crippen LogP contribution in [0.4, 0.5) is 0 Å². The molecule has 0 aliphatic carbocycles. The summed E-state index contributed by atoms with van der Waals surface area (Å²) < 4.78 is 2.05. The van der Waals surface area contributed by atoms with Crippen LogP contribution >= 0.6 is 0 Å². The zero-order chi connectivity index (χ0) is 14.5. The van der Waals surface area contributed by atoms with Gasteiger partial charge in [0.05, 0.1) is 12.4 Å². The first-order chi connectivity index (χ1) is 8.83. The molecule has 0 spiro atoms. The molecule has 3 N–H and O–H groups in total. The van der Waals surface area contributed by atoms with Crippen LogP contribution in [0.15, 0.2) is 12.4 Å². The van der Waals surface area contributed by atoms with Gasteiger partial charge in [0.15, 0.2) is 0 Å². The van der Waals surface area contributed by atoms with E-state index >= 15 is 0 Å². The van der Waals surface area contributed by atoms with E-state index in [0.29, 0.717) is 0 Å². The molecular weight excluding hydrogens is 238 g/mol. The Morgan fingerprint density at radius 3 is 2.68 bits per heavy atom. The number of amidine groups is 1. The highest BCUT2D eigenvalue weighted by Gasteiger charge is 2.20. The van der Waals surface area contributed by atoms with Crippen molar-refractivity contribution >= 4 is 5.84 Å². The van der Waals surface area contributed by atoms with Gasteiger partial charge in [0, 0.05) is 24.9 Å². The van der Waals surface area contributed by atoms with Crippen molar-refractivity contribution in [3.8, 4) is 0 Å². The van der Waals surface area contributed by atoms with Crippen molar-refractivity contribution in [2.24, 2.45) is 18.2 Å². The summed E-state index contributed by atoms with van der Waals surface area (Å²) in [6.45, 7) is 5.99. The Morgan fingerprint density at radius 2 is 2.16 bits per heavy atom. The zero-order valence-corrected chi connectivity index (χ0v) is 12.6. The molecule has 1 aromatic rings. The molecule has 0 unspecified atom stereocenters. The summed E-state index contributed by atoms with van der Waals surface area (Å²) in [5.74, 6) is 1.38. The number of rotatable bonds is 8. The lowest BCUT2D eigenvalue weighted by Crippen LogP contribution is -2.31. The summed E-state index contributed by atoms with van der Waals surface area (Å²) in [5, 5.41) is 7.53. The Morgan fingerprint density at radius 1 is 1.47 bits per heavy atom. The maximum absolute atomic E-state index is 7.53. The van der Waals surface area contributed by atoms with E-state index in [-0.39, 0.29) is 11.3 Å². The van der Waals surface area contributed by atoms with Gasteiger partial charge in [-0.15, -0.1) is 0 Å². The molecule has 5 heteroatoms. The van der Waals surface area contributed by atoms with E-state index < -0.39 is 0 Å². The number of nitrogens with two attached hydrogens (primary N) is 1. The molecule has 0 amide bonds. The van der Waals surface area contributed by atoms with Crippen LogP contribution in [-0.2, 0) is 13.6 Å². The number of nitrogens with one attached hydrogen (secondary N) is 1. The van der Waals surface area contributed by atoms with E-state index in [4.69, 9.17) is 11.1 Å². The van der Waals surface area contributed by atoms with Crippen molar-refractivity contribution in [2.45, 2.75) is 39.7 Å². The molecule has 0 aliphatic heterocycles. The Bertz CT molecular complexity index is 408. The monoisotopic (exact) mass is 265 g/mol. The van der Waals surface area contributed by atoms with Gasteiger partial charge in [0.25, 0.3) is 0 Å². The summed E-state index contributed by atoms with van der Waals surface area (Å²) in [5.41, 5.74) is 5.41. The van der Waals surface area contributed by atoms with E-state index in [1.165, 1.54) is 0 Å². The average molecular weight is 265 g/mol. The summed E-state index contributed by atoms with van der Waals surface area (Å²) in [7, 11) is 4.14. The fourth-order valence-corrected chi connectivity index (χ4v) is 1.95. The van der Waals surface area contributed by atoms with Gasteiger partial charge >= 0.3 is 0 Å². The van der Waals surface area contributed by atoms with Crippen LogP contribution < -0.4 is 5.73 Å². The SMILES string of the molecule is CN(CCCCC(C)(C)C(=N)N)Cc1nccn1C. The summed E-state index contributed by atoms with van der Waals surface area (Å²) in [4.78, 5) is 6.60. The van der Waals surface area contributed by atoms with Gasteiger partial charge in [0.2, 0.25) is 0 Å². The number of aryl methyl sites for hydroxylation is 1. The highest BCUT2D eigenvalue weighted by atomic mass is 15.1. The van der Waals surface area contributed by atoms with Crippen molar-refractivity contribution in [1.82, 2.24) is 14.5 Å². The Labute approximate surface area is 116 Å². The first-order valence-corrected chi connectivity index (χ1v) is 6.82. The van der Waals surface area contributed by atoms with Crippen LogP contribution in [0.5, 0.6) is 0 Å². The van der Waals surface area contributed by atoms with Crippen molar-refractivity contribution in [2.75, 3.05) is 13.6 Å². The predicted octanol–water partition coefficient (Wildman–Crippen LogP) is 1.98. The maximum atomic E-state index is 7.53. The second-order valence-electron chi connectivity index (χ2n) is 5.95. The number of unbranched alkanes of at least 4 members (excludes halogenated alkanes) is 1. The van der Waals surface area contributed by atoms with Crippen LogP contribution in [0.2, 0.25) is 0 Å². The molecule has 0 radical (unpaired) electrons. The van der Waals surface area contributed by atoms with Crippen molar-refractivity contribution in [3.63, 3.8) is 0 Å². The molecule has 1 aromatic heterocycles. The predicted molar refractivity (Wildman–Crippen MR) is 79.1 cm³/mol. The van der Waals surface area contributed by atoms with Crippen LogP contribution in [0, 0.1) is 10.8 Å². The number of aromatic nitrogens is 2. The molecule has 108 valence electrons. The van der Waals surface area contributed by atoms with Crippen LogP contribution in [0.1, 0.15) is 38.9 Å². The van der Waals surface area contributed by atoms with Gasteiger partial charge in [-0.1, -0.05) is 20.3 Å². The molecule has 1 heterocycles. The normalized spacial score (nSPS) is 12.1. The van der Waals surface area contributed by atoms with Crippen molar-refractivity contribution < 1.29 is 0 Å². The summed E-state index contributed by atoms with van der Waals surface area (Å²) >= 11 is 0. The molecule has 0 saturated carbocycles. The van der Waals surface area contributed by atoms with E-state index in [1.54, 1.807) is 0 Å². The molecule has 0 fully saturated rings. The average Bonchev–Trinajstić information content (AvgIpc) is 2.70. The van der Waals surface area contributed by atoms with E-state index in [0.717, 1.165) is 38.2 Å². The number of hydrogen-bond acceptors (Lipinski definition) is 3. The van der Waals surface area contributed by atoms with E-state index in [9.17, 15) is 0 Å². The lowest BCUT2D eigenvalue weighted by Gasteiger charge is -2.23. The highest BCUT2D eigenvalue weighted by molar-refractivity contribution is 5.82. The molecular formula is C14H27N5. The zero-order valence-electron chi connectivity index (χ0n) is 12.6. The molecule has 0 aromatic carbocycles. The number of nitrogens with zero attached hydrogens (tertiary/aromatic N) is 3. The molecule has 0 atom stereocenters. The number of hydrogen-bond donors (Lipinski definition) is 2. The molecule has 1 rings (SSSR count). The van der Waals surface area contributed by atoms with Crippen LogP contribution in [-0.4, -0.2) is 33.9 Å². The number of imidazole rings is 1. The van der Waals surface area contributed by atoms with Gasteiger partial charge in [-0.3, -0.25) is 10.3 Å². The molecule has 0 aliphatic rings. The van der Waals surface area contributed by atoms with Crippen LogP contribution in [0.25, 0.3) is 0 Å². The second kappa shape index (κ2) is 6.70. The maximum Gasteiger partial charge on any atom is 0.122 e. The quantitative estimate of drug-likeness (QED) is 0.429. The van der Waals surface area contributed by atoms with Gasteiger partial charge in [-0.25, -0.2) is 4.98 Å². The lowest BCUT2D eigenvalue weighted by atomic mass is 9.86. The molecule has 5 nitrogen and oxygen atoms in total. The molecule has 0 bridgehead atoms. The van der Waals surface area contributed by atoms with Crippen LogP contribution in [0.3, 0.4) is 0 Å². The Balaban J connectivity index is 2.23. The first kappa shape index (κ1) is 15.7. The van der Waals surface area contributed by atoms with E-state index in [2.05, 4.69) is 21.5 Å². The largest absolute Gasteiger partial charge is 0.387 e. The minimum Gasteiger partial charge on any atom is -0.387 e. The van der Waals surface area contributed by atoms with Gasteiger partial charge in [0.1, 0.15) is 5.82 Å².